The second-order valence-corrected chi connectivity index (χ2v) is 5.40. The van der Waals surface area contributed by atoms with E-state index in [1.165, 1.54) is 11.3 Å². The Morgan fingerprint density at radius 2 is 2.10 bits per heavy atom. The molecule has 0 fully saturated rings. The minimum Gasteiger partial charge on any atom is -0.315 e. The van der Waals surface area contributed by atoms with Crippen molar-refractivity contribution in [3.8, 4) is 10.4 Å². The van der Waals surface area contributed by atoms with Crippen molar-refractivity contribution in [2.45, 2.75) is 6.92 Å². The molecule has 0 atom stereocenters. The van der Waals surface area contributed by atoms with Crippen LogP contribution >= 0.6 is 22.9 Å². The molecule has 0 aliphatic rings. The summed E-state index contributed by atoms with van der Waals surface area (Å²) >= 11 is 7.46. The maximum absolute atomic E-state index is 5.92. The van der Waals surface area contributed by atoms with Crippen LogP contribution in [-0.2, 0) is 0 Å². The highest BCUT2D eigenvalue weighted by Gasteiger charge is 2.10. The third-order valence-corrected chi connectivity index (χ3v) is 3.91. The molecule has 3 heterocycles. The zero-order chi connectivity index (χ0) is 13.9. The lowest BCUT2D eigenvalue weighted by Gasteiger charge is -1.99. The zero-order valence-electron chi connectivity index (χ0n) is 10.5. The van der Waals surface area contributed by atoms with Gasteiger partial charge in [0.15, 0.2) is 10.9 Å². The van der Waals surface area contributed by atoms with E-state index in [-0.39, 0.29) is 0 Å². The van der Waals surface area contributed by atoms with Gasteiger partial charge in [0.2, 0.25) is 0 Å². The molecule has 0 aliphatic carbocycles. The summed E-state index contributed by atoms with van der Waals surface area (Å²) in [4.78, 5) is 17.7. The van der Waals surface area contributed by atoms with E-state index in [9.17, 15) is 0 Å². The first kappa shape index (κ1) is 13.0. The van der Waals surface area contributed by atoms with Gasteiger partial charge in [0, 0.05) is 18.6 Å². The summed E-state index contributed by atoms with van der Waals surface area (Å²) in [7, 11) is 0. The number of rotatable bonds is 3. The number of hydrogen-bond acceptors (Lipinski definition) is 6. The molecule has 0 bridgehead atoms. The number of anilines is 2. The number of thiazole rings is 1. The fourth-order valence-electron chi connectivity index (χ4n) is 1.73. The lowest BCUT2D eigenvalue weighted by Crippen LogP contribution is -1.92. The molecule has 100 valence electrons. The van der Waals surface area contributed by atoms with Gasteiger partial charge in [-0.1, -0.05) is 22.9 Å². The molecule has 0 saturated heterocycles. The minimum absolute atomic E-state index is 0.471. The van der Waals surface area contributed by atoms with Crippen molar-refractivity contribution >= 4 is 33.9 Å². The third-order valence-electron chi connectivity index (χ3n) is 2.58. The van der Waals surface area contributed by atoms with Crippen molar-refractivity contribution in [3.63, 3.8) is 0 Å². The first-order chi connectivity index (χ1) is 9.72. The van der Waals surface area contributed by atoms with Gasteiger partial charge in [-0.2, -0.15) is 0 Å². The van der Waals surface area contributed by atoms with E-state index in [0.29, 0.717) is 11.0 Å². The van der Waals surface area contributed by atoms with E-state index in [0.717, 1.165) is 21.3 Å². The fourth-order valence-corrected chi connectivity index (χ4v) is 2.88. The summed E-state index contributed by atoms with van der Waals surface area (Å²) in [5.74, 6) is 0.667. The van der Waals surface area contributed by atoms with Gasteiger partial charge in [-0.05, 0) is 24.6 Å². The van der Waals surface area contributed by atoms with Crippen molar-refractivity contribution in [1.82, 2.24) is 19.9 Å². The van der Waals surface area contributed by atoms with Crippen LogP contribution in [0.5, 0.6) is 0 Å². The molecular weight excluding hydrogens is 294 g/mol. The maximum Gasteiger partial charge on any atom is 0.189 e. The Labute approximate surface area is 124 Å². The zero-order valence-corrected chi connectivity index (χ0v) is 12.1. The van der Waals surface area contributed by atoms with Crippen LogP contribution in [0.3, 0.4) is 0 Å². The largest absolute Gasteiger partial charge is 0.315 e. The molecule has 3 aromatic rings. The molecule has 1 N–H and O–H groups in total. The Kier molecular flexibility index (Phi) is 3.58. The van der Waals surface area contributed by atoms with Crippen molar-refractivity contribution in [2.24, 2.45) is 0 Å². The average molecular weight is 304 g/mol. The third kappa shape index (κ3) is 2.76. The number of halogens is 1. The topological polar surface area (TPSA) is 63.6 Å². The number of nitrogens with one attached hydrogen (secondary N) is 1. The predicted octanol–water partition coefficient (Wildman–Crippen LogP) is 3.70. The van der Waals surface area contributed by atoms with Crippen molar-refractivity contribution in [2.75, 3.05) is 5.32 Å². The summed E-state index contributed by atoms with van der Waals surface area (Å²) in [6, 6.07) is 3.74. The van der Waals surface area contributed by atoms with Gasteiger partial charge >= 0.3 is 0 Å². The van der Waals surface area contributed by atoms with Gasteiger partial charge in [0.1, 0.15) is 5.15 Å². The van der Waals surface area contributed by atoms with Crippen LogP contribution in [0.4, 0.5) is 10.9 Å². The molecule has 3 aromatic heterocycles. The Hall–Kier alpha value is -2.05. The number of nitrogens with zero attached hydrogens (tertiary/aromatic N) is 4. The van der Waals surface area contributed by atoms with Crippen molar-refractivity contribution in [1.29, 1.82) is 0 Å². The van der Waals surface area contributed by atoms with Gasteiger partial charge in [-0.25, -0.2) is 15.0 Å². The highest BCUT2D eigenvalue weighted by atomic mass is 35.5. The Bertz CT molecular complexity index is 729. The molecule has 0 saturated carbocycles. The van der Waals surface area contributed by atoms with E-state index in [2.05, 4.69) is 25.3 Å². The normalized spacial score (nSPS) is 10.5. The lowest BCUT2D eigenvalue weighted by atomic mass is 10.2. The van der Waals surface area contributed by atoms with E-state index in [4.69, 9.17) is 11.6 Å². The van der Waals surface area contributed by atoms with E-state index in [1.807, 2.05) is 19.1 Å². The van der Waals surface area contributed by atoms with Gasteiger partial charge in [-0.3, -0.25) is 4.98 Å². The monoisotopic (exact) mass is 303 g/mol. The molecule has 0 aromatic carbocycles. The number of aryl methyl sites for hydroxylation is 1. The van der Waals surface area contributed by atoms with E-state index >= 15 is 0 Å². The van der Waals surface area contributed by atoms with Gasteiger partial charge in [0.05, 0.1) is 16.8 Å². The number of aromatic nitrogens is 4. The molecule has 0 radical (unpaired) electrons. The number of hydrogen-bond donors (Lipinski definition) is 1. The first-order valence-electron chi connectivity index (χ1n) is 5.85. The van der Waals surface area contributed by atoms with Crippen LogP contribution in [0.1, 0.15) is 5.69 Å². The molecule has 0 aliphatic heterocycles. The van der Waals surface area contributed by atoms with E-state index < -0.39 is 0 Å². The van der Waals surface area contributed by atoms with Gasteiger partial charge in [-0.15, -0.1) is 0 Å². The van der Waals surface area contributed by atoms with Crippen LogP contribution in [0.15, 0.2) is 36.9 Å². The predicted molar refractivity (Wildman–Crippen MR) is 80.4 cm³/mol. The van der Waals surface area contributed by atoms with Gasteiger partial charge < -0.3 is 5.32 Å². The molecule has 7 heteroatoms. The second-order valence-electron chi connectivity index (χ2n) is 4.02. The van der Waals surface area contributed by atoms with Crippen LogP contribution in [-0.4, -0.2) is 19.9 Å². The highest BCUT2D eigenvalue weighted by Crippen LogP contribution is 2.34. The van der Waals surface area contributed by atoms with Crippen LogP contribution in [0.2, 0.25) is 5.15 Å². The summed E-state index contributed by atoms with van der Waals surface area (Å²) in [5, 5.41) is 4.38. The Morgan fingerprint density at radius 1 is 1.20 bits per heavy atom. The second kappa shape index (κ2) is 5.52. The quantitative estimate of drug-likeness (QED) is 0.747. The van der Waals surface area contributed by atoms with Gasteiger partial charge in [0.25, 0.3) is 0 Å². The van der Waals surface area contributed by atoms with Crippen LogP contribution in [0.25, 0.3) is 10.4 Å². The van der Waals surface area contributed by atoms with Crippen molar-refractivity contribution < 1.29 is 0 Å². The maximum atomic E-state index is 5.92. The lowest BCUT2D eigenvalue weighted by molar-refractivity contribution is 1.18. The highest BCUT2D eigenvalue weighted by molar-refractivity contribution is 7.19. The minimum atomic E-state index is 0.471. The average Bonchev–Trinajstić information content (AvgIpc) is 2.81. The molecule has 20 heavy (non-hydrogen) atoms. The molecule has 0 amide bonds. The smallest absolute Gasteiger partial charge is 0.189 e. The SMILES string of the molecule is Cc1nc(Nc2cnccn2)sc1-c1ccnc(Cl)c1. The summed E-state index contributed by atoms with van der Waals surface area (Å²) in [6.45, 7) is 1.96. The fraction of sp³-hybridized carbons (Fsp3) is 0.0769. The van der Waals surface area contributed by atoms with Crippen LogP contribution in [0, 0.1) is 6.92 Å². The summed E-state index contributed by atoms with van der Waals surface area (Å²) < 4.78 is 0. The van der Waals surface area contributed by atoms with E-state index in [1.54, 1.807) is 24.8 Å². The molecule has 5 nitrogen and oxygen atoms in total. The standard InChI is InChI=1S/C13H10ClN5S/c1-8-12(9-2-3-16-10(14)6-9)20-13(18-8)19-11-7-15-4-5-17-11/h2-7H,1H3,(H,17,18,19). The molecule has 0 spiro atoms. The molecule has 0 unspecified atom stereocenters. The van der Waals surface area contributed by atoms with Crippen LogP contribution < -0.4 is 5.32 Å². The molecule has 3 rings (SSSR count). The Balaban J connectivity index is 1.91. The number of pyridine rings is 1. The first-order valence-corrected chi connectivity index (χ1v) is 7.04. The summed E-state index contributed by atoms with van der Waals surface area (Å²) in [5.41, 5.74) is 1.94. The summed E-state index contributed by atoms with van der Waals surface area (Å²) in [6.07, 6.45) is 6.60. The van der Waals surface area contributed by atoms with Crippen molar-refractivity contribution in [3.05, 3.63) is 47.8 Å². The Morgan fingerprint density at radius 3 is 2.85 bits per heavy atom. The molecular formula is C13H10ClN5S.